The van der Waals surface area contributed by atoms with Gasteiger partial charge in [-0.15, -0.1) is 0 Å². The second-order valence-corrected chi connectivity index (χ2v) is 5.14. The molecule has 1 aliphatic heterocycles. The van der Waals surface area contributed by atoms with Gasteiger partial charge < -0.3 is 9.64 Å². The van der Waals surface area contributed by atoms with Gasteiger partial charge in [-0.1, -0.05) is 54.6 Å². The quantitative estimate of drug-likeness (QED) is 0.848. The predicted molar refractivity (Wildman–Crippen MR) is 78.2 cm³/mol. The SMILES string of the molecule is C[C@@H]1CN(Cc2ccc(-c3ccccc3)cc2)C(=O)O1. The number of hydrogen-bond donors (Lipinski definition) is 0. The maximum atomic E-state index is 11.6. The average molecular weight is 267 g/mol. The highest BCUT2D eigenvalue weighted by atomic mass is 16.6. The molecule has 0 N–H and O–H groups in total. The Labute approximate surface area is 118 Å². The molecule has 1 amide bonds. The van der Waals surface area contributed by atoms with Gasteiger partial charge in [0.05, 0.1) is 6.54 Å². The van der Waals surface area contributed by atoms with E-state index < -0.39 is 0 Å². The lowest BCUT2D eigenvalue weighted by Crippen LogP contribution is -2.24. The maximum absolute atomic E-state index is 11.6. The van der Waals surface area contributed by atoms with Gasteiger partial charge in [0.15, 0.2) is 0 Å². The summed E-state index contributed by atoms with van der Waals surface area (Å²) < 4.78 is 5.13. The van der Waals surface area contributed by atoms with Crippen LogP contribution in [0.4, 0.5) is 4.79 Å². The zero-order valence-electron chi connectivity index (χ0n) is 11.5. The number of ether oxygens (including phenoxy) is 1. The monoisotopic (exact) mass is 267 g/mol. The Morgan fingerprint density at radius 1 is 1.05 bits per heavy atom. The molecule has 0 radical (unpaired) electrons. The summed E-state index contributed by atoms with van der Waals surface area (Å²) >= 11 is 0. The molecule has 0 aliphatic carbocycles. The van der Waals surface area contributed by atoms with Crippen molar-refractivity contribution in [3.63, 3.8) is 0 Å². The number of benzene rings is 2. The van der Waals surface area contributed by atoms with Gasteiger partial charge in [0.25, 0.3) is 0 Å². The molecule has 0 saturated carbocycles. The fraction of sp³-hybridized carbons (Fsp3) is 0.235. The molecule has 1 fully saturated rings. The highest BCUT2D eigenvalue weighted by Crippen LogP contribution is 2.21. The topological polar surface area (TPSA) is 29.5 Å². The first-order chi connectivity index (χ1) is 9.72. The zero-order valence-corrected chi connectivity index (χ0v) is 11.5. The van der Waals surface area contributed by atoms with Crippen LogP contribution >= 0.6 is 0 Å². The number of rotatable bonds is 3. The smallest absolute Gasteiger partial charge is 0.410 e. The third-order valence-corrected chi connectivity index (χ3v) is 3.47. The molecule has 102 valence electrons. The molecular formula is C17H17NO2. The van der Waals surface area contributed by atoms with Crippen LogP contribution in [0.1, 0.15) is 12.5 Å². The van der Waals surface area contributed by atoms with E-state index in [0.29, 0.717) is 13.1 Å². The summed E-state index contributed by atoms with van der Waals surface area (Å²) in [5.74, 6) is 0. The molecule has 1 atom stereocenters. The summed E-state index contributed by atoms with van der Waals surface area (Å²) in [6.45, 7) is 3.19. The Kier molecular flexibility index (Phi) is 3.42. The minimum Gasteiger partial charge on any atom is -0.444 e. The predicted octanol–water partition coefficient (Wildman–Crippen LogP) is 3.69. The minimum absolute atomic E-state index is 0.00825. The minimum atomic E-state index is -0.218. The van der Waals surface area contributed by atoms with Crippen LogP contribution in [0.5, 0.6) is 0 Å². The Hall–Kier alpha value is -2.29. The van der Waals surface area contributed by atoms with Crippen molar-refractivity contribution < 1.29 is 9.53 Å². The Morgan fingerprint density at radius 3 is 2.30 bits per heavy atom. The number of carbonyl (C=O) groups is 1. The first-order valence-electron chi connectivity index (χ1n) is 6.82. The van der Waals surface area contributed by atoms with Crippen molar-refractivity contribution in [1.82, 2.24) is 4.90 Å². The molecule has 1 aliphatic rings. The van der Waals surface area contributed by atoms with Crippen molar-refractivity contribution in [3.8, 4) is 11.1 Å². The third-order valence-electron chi connectivity index (χ3n) is 3.47. The van der Waals surface area contributed by atoms with Crippen LogP contribution in [0.15, 0.2) is 54.6 Å². The maximum Gasteiger partial charge on any atom is 0.410 e. The van der Waals surface area contributed by atoms with Crippen LogP contribution in [0.25, 0.3) is 11.1 Å². The van der Waals surface area contributed by atoms with E-state index in [1.165, 1.54) is 11.1 Å². The molecule has 2 aromatic carbocycles. The lowest BCUT2D eigenvalue weighted by Gasteiger charge is -2.13. The van der Waals surface area contributed by atoms with Crippen molar-refractivity contribution >= 4 is 6.09 Å². The van der Waals surface area contributed by atoms with Crippen LogP contribution in [-0.2, 0) is 11.3 Å². The van der Waals surface area contributed by atoms with Gasteiger partial charge in [0, 0.05) is 6.54 Å². The lowest BCUT2D eigenvalue weighted by atomic mass is 10.0. The van der Waals surface area contributed by atoms with Gasteiger partial charge in [0.1, 0.15) is 6.10 Å². The van der Waals surface area contributed by atoms with Gasteiger partial charge in [-0.05, 0) is 23.6 Å². The van der Waals surface area contributed by atoms with Crippen molar-refractivity contribution in [2.45, 2.75) is 19.6 Å². The second kappa shape index (κ2) is 5.37. The molecule has 20 heavy (non-hydrogen) atoms. The van der Waals surface area contributed by atoms with E-state index in [9.17, 15) is 4.79 Å². The Morgan fingerprint density at radius 2 is 1.70 bits per heavy atom. The summed E-state index contributed by atoms with van der Waals surface area (Å²) in [5.41, 5.74) is 3.51. The van der Waals surface area contributed by atoms with Crippen LogP contribution in [-0.4, -0.2) is 23.6 Å². The molecule has 0 spiro atoms. The van der Waals surface area contributed by atoms with Gasteiger partial charge in [-0.25, -0.2) is 4.79 Å². The second-order valence-electron chi connectivity index (χ2n) is 5.14. The number of nitrogens with zero attached hydrogens (tertiary/aromatic N) is 1. The highest BCUT2D eigenvalue weighted by Gasteiger charge is 2.27. The van der Waals surface area contributed by atoms with E-state index in [2.05, 4.69) is 36.4 Å². The van der Waals surface area contributed by atoms with Crippen LogP contribution in [0.3, 0.4) is 0 Å². The van der Waals surface area contributed by atoms with Crippen molar-refractivity contribution in [2.24, 2.45) is 0 Å². The van der Waals surface area contributed by atoms with E-state index in [1.54, 1.807) is 4.90 Å². The number of hydrogen-bond acceptors (Lipinski definition) is 2. The number of carbonyl (C=O) groups excluding carboxylic acids is 1. The van der Waals surface area contributed by atoms with Gasteiger partial charge >= 0.3 is 6.09 Å². The van der Waals surface area contributed by atoms with E-state index in [0.717, 1.165) is 5.56 Å². The molecule has 0 unspecified atom stereocenters. The summed E-state index contributed by atoms with van der Waals surface area (Å²) in [5, 5.41) is 0. The van der Waals surface area contributed by atoms with Crippen LogP contribution in [0, 0.1) is 0 Å². The molecule has 2 aromatic rings. The summed E-state index contributed by atoms with van der Waals surface area (Å²) in [7, 11) is 0. The van der Waals surface area contributed by atoms with Crippen molar-refractivity contribution in [3.05, 3.63) is 60.2 Å². The van der Waals surface area contributed by atoms with Gasteiger partial charge in [-0.3, -0.25) is 0 Å². The van der Waals surface area contributed by atoms with Crippen LogP contribution in [0.2, 0.25) is 0 Å². The first kappa shape index (κ1) is 12.7. The normalized spacial score (nSPS) is 18.1. The van der Waals surface area contributed by atoms with E-state index in [4.69, 9.17) is 4.74 Å². The Balaban J connectivity index is 1.72. The summed E-state index contributed by atoms with van der Waals surface area (Å²) in [4.78, 5) is 13.3. The van der Waals surface area contributed by atoms with E-state index in [-0.39, 0.29) is 12.2 Å². The van der Waals surface area contributed by atoms with E-state index >= 15 is 0 Å². The molecule has 1 heterocycles. The third kappa shape index (κ3) is 2.67. The fourth-order valence-corrected chi connectivity index (χ4v) is 2.45. The molecule has 1 saturated heterocycles. The fourth-order valence-electron chi connectivity index (χ4n) is 2.45. The largest absolute Gasteiger partial charge is 0.444 e. The van der Waals surface area contributed by atoms with Gasteiger partial charge in [0.2, 0.25) is 0 Å². The average Bonchev–Trinajstić information content (AvgIpc) is 2.79. The Bertz CT molecular complexity index is 592. The number of cyclic esters (lactones) is 1. The molecule has 3 heteroatoms. The van der Waals surface area contributed by atoms with Crippen LogP contribution < -0.4 is 0 Å². The molecule has 0 aromatic heterocycles. The van der Waals surface area contributed by atoms with Crippen molar-refractivity contribution in [2.75, 3.05) is 6.54 Å². The molecular weight excluding hydrogens is 250 g/mol. The number of amides is 1. The summed E-state index contributed by atoms with van der Waals surface area (Å²) in [6, 6.07) is 18.6. The highest BCUT2D eigenvalue weighted by molar-refractivity contribution is 5.70. The standard InChI is InChI=1S/C17H17NO2/c1-13-11-18(17(19)20-13)12-14-7-9-16(10-8-14)15-5-3-2-4-6-15/h2-10,13H,11-12H2,1H3/t13-/m1/s1. The zero-order chi connectivity index (χ0) is 13.9. The summed E-state index contributed by atoms with van der Waals surface area (Å²) in [6.07, 6.45) is -0.226. The molecule has 3 rings (SSSR count). The van der Waals surface area contributed by atoms with E-state index in [1.807, 2.05) is 25.1 Å². The van der Waals surface area contributed by atoms with Gasteiger partial charge in [-0.2, -0.15) is 0 Å². The first-order valence-corrected chi connectivity index (χ1v) is 6.82. The lowest BCUT2D eigenvalue weighted by molar-refractivity contribution is 0.137. The molecule has 3 nitrogen and oxygen atoms in total. The molecule has 0 bridgehead atoms. The van der Waals surface area contributed by atoms with Crippen molar-refractivity contribution in [1.29, 1.82) is 0 Å².